The summed E-state index contributed by atoms with van der Waals surface area (Å²) in [7, 11) is 1.57. The van der Waals surface area contributed by atoms with Crippen LogP contribution in [0, 0.1) is 23.7 Å². The van der Waals surface area contributed by atoms with Gasteiger partial charge < -0.3 is 25.2 Å². The molecular weight excluding hydrogens is 494 g/mol. The van der Waals surface area contributed by atoms with Gasteiger partial charge in [-0.2, -0.15) is 5.26 Å². The molecule has 3 N–H and O–H groups in total. The fourth-order valence-electron chi connectivity index (χ4n) is 4.49. The molecule has 0 unspecified atom stereocenters. The van der Waals surface area contributed by atoms with Crippen LogP contribution in [0.4, 0.5) is 5.82 Å². The Balaban J connectivity index is 2.11. The zero-order chi connectivity index (χ0) is 27.3. The highest BCUT2D eigenvalue weighted by Crippen LogP contribution is 2.39. The molecule has 1 atom stereocenters. The number of ketones is 1. The van der Waals surface area contributed by atoms with E-state index in [1.54, 1.807) is 32.2 Å². The molecule has 10 heteroatoms. The lowest BCUT2D eigenvalue weighted by atomic mass is 9.82. The van der Waals surface area contributed by atoms with Crippen molar-refractivity contribution in [2.45, 2.75) is 46.6 Å². The molecule has 0 saturated carbocycles. The maximum Gasteiger partial charge on any atom is 0.163 e. The van der Waals surface area contributed by atoms with Crippen molar-refractivity contribution in [3.05, 3.63) is 40.2 Å². The van der Waals surface area contributed by atoms with Crippen molar-refractivity contribution < 1.29 is 19.4 Å². The number of anilines is 1. The number of methoxy groups -OCH3 is 1. The maximum atomic E-state index is 12.6. The van der Waals surface area contributed by atoms with Crippen LogP contribution in [0.25, 0.3) is 17.0 Å². The Morgan fingerprint density at radius 3 is 2.62 bits per heavy atom. The van der Waals surface area contributed by atoms with Gasteiger partial charge in [-0.25, -0.2) is 9.97 Å². The SMILES string of the molecule is CCC[C@@H](O)COc1ccc(Cl)c(-c2nc(C(C(C)=O)=C(C)N)c(C)c(N3CC(C#N)(COC)C3)n2)c1. The lowest BCUT2D eigenvalue weighted by Gasteiger charge is -2.46. The van der Waals surface area contributed by atoms with Crippen molar-refractivity contribution >= 4 is 28.8 Å². The molecule has 0 bridgehead atoms. The fraction of sp³-hybridized carbons (Fsp3) is 0.481. The number of nitrogens with zero attached hydrogens (tertiary/aromatic N) is 4. The first-order chi connectivity index (χ1) is 17.6. The number of ether oxygens (including phenoxy) is 2. The molecule has 1 aliphatic rings. The van der Waals surface area contributed by atoms with E-state index in [0.29, 0.717) is 76.6 Å². The van der Waals surface area contributed by atoms with Crippen molar-refractivity contribution in [1.82, 2.24) is 9.97 Å². The Labute approximate surface area is 222 Å². The summed E-state index contributed by atoms with van der Waals surface area (Å²) in [6, 6.07) is 7.46. The predicted octanol–water partition coefficient (Wildman–Crippen LogP) is 3.90. The number of halogens is 1. The lowest BCUT2D eigenvalue weighted by molar-refractivity contribution is -0.111. The summed E-state index contributed by atoms with van der Waals surface area (Å²) < 4.78 is 11.0. The minimum absolute atomic E-state index is 0.146. The van der Waals surface area contributed by atoms with Gasteiger partial charge in [-0.1, -0.05) is 24.9 Å². The minimum atomic E-state index is -0.639. The molecular formula is C27H34ClN5O4. The van der Waals surface area contributed by atoms with Crippen LogP contribution in [-0.4, -0.2) is 60.4 Å². The summed E-state index contributed by atoms with van der Waals surface area (Å²) in [5.74, 6) is 1.16. The summed E-state index contributed by atoms with van der Waals surface area (Å²) in [6.07, 6.45) is 0.906. The smallest absolute Gasteiger partial charge is 0.163 e. The van der Waals surface area contributed by atoms with Gasteiger partial charge in [-0.3, -0.25) is 4.79 Å². The number of benzene rings is 1. The number of aromatic nitrogens is 2. The highest BCUT2D eigenvalue weighted by Gasteiger charge is 2.45. The molecule has 2 heterocycles. The largest absolute Gasteiger partial charge is 0.491 e. The Kier molecular flexibility index (Phi) is 9.13. The molecule has 37 heavy (non-hydrogen) atoms. The van der Waals surface area contributed by atoms with Crippen molar-refractivity contribution in [1.29, 1.82) is 5.26 Å². The Morgan fingerprint density at radius 2 is 2.05 bits per heavy atom. The second kappa shape index (κ2) is 11.9. The number of nitriles is 1. The third kappa shape index (κ3) is 6.21. The first-order valence-corrected chi connectivity index (χ1v) is 12.6. The van der Waals surface area contributed by atoms with Gasteiger partial charge in [0, 0.05) is 37.0 Å². The van der Waals surface area contributed by atoms with E-state index in [4.69, 9.17) is 36.8 Å². The van der Waals surface area contributed by atoms with Gasteiger partial charge in [0.1, 0.15) is 23.6 Å². The number of aliphatic hydroxyl groups excluding tert-OH is 1. The van der Waals surface area contributed by atoms with E-state index in [1.165, 1.54) is 6.92 Å². The van der Waals surface area contributed by atoms with E-state index in [2.05, 4.69) is 6.07 Å². The number of nitrogens with two attached hydrogens (primary N) is 1. The quantitative estimate of drug-likeness (QED) is 0.417. The Hall–Kier alpha value is -3.19. The fourth-order valence-corrected chi connectivity index (χ4v) is 4.69. The monoisotopic (exact) mass is 527 g/mol. The first-order valence-electron chi connectivity index (χ1n) is 12.2. The zero-order valence-electron chi connectivity index (χ0n) is 22.0. The number of Topliss-reactive ketones (excluding diaryl/α,β-unsaturated/α-hetero) is 1. The first kappa shape index (κ1) is 28.4. The topological polar surface area (TPSA) is 135 Å². The second-order valence-corrected chi connectivity index (χ2v) is 9.94. The molecule has 0 aliphatic carbocycles. The summed E-state index contributed by atoms with van der Waals surface area (Å²) in [5.41, 5.74) is 7.71. The lowest BCUT2D eigenvalue weighted by Crippen LogP contribution is -2.58. The van der Waals surface area contributed by atoms with Crippen LogP contribution in [0.1, 0.15) is 44.9 Å². The van der Waals surface area contributed by atoms with Crippen LogP contribution in [0.3, 0.4) is 0 Å². The summed E-state index contributed by atoms with van der Waals surface area (Å²) in [4.78, 5) is 24.1. The number of allylic oxidation sites excluding steroid dienone is 2. The zero-order valence-corrected chi connectivity index (χ0v) is 22.7. The predicted molar refractivity (Wildman–Crippen MR) is 143 cm³/mol. The van der Waals surface area contributed by atoms with Gasteiger partial charge >= 0.3 is 0 Å². The Bertz CT molecular complexity index is 1230. The van der Waals surface area contributed by atoms with Crippen LogP contribution in [0.5, 0.6) is 5.75 Å². The molecule has 2 aromatic rings. The molecule has 0 spiro atoms. The van der Waals surface area contributed by atoms with Crippen LogP contribution in [-0.2, 0) is 9.53 Å². The normalized spacial score (nSPS) is 15.9. The number of rotatable bonds is 11. The number of hydrogen-bond donors (Lipinski definition) is 2. The molecule has 1 aliphatic heterocycles. The third-order valence-electron chi connectivity index (χ3n) is 6.29. The summed E-state index contributed by atoms with van der Waals surface area (Å²) in [6.45, 7) is 8.21. The van der Waals surface area contributed by atoms with E-state index in [9.17, 15) is 15.2 Å². The summed E-state index contributed by atoms with van der Waals surface area (Å²) >= 11 is 6.57. The van der Waals surface area contributed by atoms with E-state index in [0.717, 1.165) is 6.42 Å². The van der Waals surface area contributed by atoms with Crippen LogP contribution in [0.15, 0.2) is 23.9 Å². The highest BCUT2D eigenvalue weighted by atomic mass is 35.5. The van der Waals surface area contributed by atoms with E-state index >= 15 is 0 Å². The molecule has 1 fully saturated rings. The molecule has 3 rings (SSSR count). The molecule has 1 saturated heterocycles. The number of hydrogen-bond acceptors (Lipinski definition) is 9. The van der Waals surface area contributed by atoms with Gasteiger partial charge in [-0.05, 0) is 45.4 Å². The molecule has 198 valence electrons. The molecule has 0 amide bonds. The van der Waals surface area contributed by atoms with Crippen LogP contribution >= 0.6 is 11.6 Å². The number of aliphatic hydroxyl groups is 1. The molecule has 1 aromatic carbocycles. The van der Waals surface area contributed by atoms with Crippen LogP contribution in [0.2, 0.25) is 5.02 Å². The van der Waals surface area contributed by atoms with Crippen molar-refractivity contribution in [2.75, 3.05) is 38.3 Å². The molecule has 9 nitrogen and oxygen atoms in total. The van der Waals surface area contributed by atoms with Crippen molar-refractivity contribution in [3.63, 3.8) is 0 Å². The minimum Gasteiger partial charge on any atom is -0.491 e. The van der Waals surface area contributed by atoms with Crippen LogP contribution < -0.4 is 15.4 Å². The standard InChI is InChI=1S/C27H34ClN5O4/c1-6-7-19(35)11-37-20-8-9-22(28)21(10-20)25-31-24(23(17(3)30)18(4)34)16(2)26(32-25)33-13-27(12-29,14-33)15-36-5/h8-10,19,35H,6-7,11,13-15,30H2,1-5H3/t19-/m1/s1. The van der Waals surface area contributed by atoms with Gasteiger partial charge in [-0.15, -0.1) is 0 Å². The van der Waals surface area contributed by atoms with Gasteiger partial charge in [0.2, 0.25) is 0 Å². The van der Waals surface area contributed by atoms with Crippen molar-refractivity contribution in [3.8, 4) is 23.2 Å². The molecule has 1 aromatic heterocycles. The van der Waals surface area contributed by atoms with E-state index < -0.39 is 11.5 Å². The van der Waals surface area contributed by atoms with E-state index in [-0.39, 0.29) is 12.4 Å². The molecule has 0 radical (unpaired) electrons. The average Bonchev–Trinajstić information content (AvgIpc) is 2.82. The maximum absolute atomic E-state index is 12.6. The summed E-state index contributed by atoms with van der Waals surface area (Å²) in [5, 5.41) is 20.2. The van der Waals surface area contributed by atoms with E-state index in [1.807, 2.05) is 18.7 Å². The van der Waals surface area contributed by atoms with Gasteiger partial charge in [0.15, 0.2) is 11.6 Å². The average molecular weight is 528 g/mol. The Morgan fingerprint density at radius 1 is 1.35 bits per heavy atom. The van der Waals surface area contributed by atoms with Crippen molar-refractivity contribution in [2.24, 2.45) is 11.1 Å². The number of carbonyl (C=O) groups is 1. The van der Waals surface area contributed by atoms with Gasteiger partial charge in [0.25, 0.3) is 0 Å². The number of carbonyl (C=O) groups excluding carboxylic acids is 1. The van der Waals surface area contributed by atoms with Gasteiger partial charge in [0.05, 0.1) is 35.1 Å². The second-order valence-electron chi connectivity index (χ2n) is 9.53. The third-order valence-corrected chi connectivity index (χ3v) is 6.62. The highest BCUT2D eigenvalue weighted by molar-refractivity contribution is 6.33.